The Kier molecular flexibility index (Phi) is 4.46. The molecule has 1 fully saturated rings. The summed E-state index contributed by atoms with van der Waals surface area (Å²) in [5.74, 6) is 1.81. The molecule has 1 aliphatic rings. The first-order valence-corrected chi connectivity index (χ1v) is 7.32. The summed E-state index contributed by atoms with van der Waals surface area (Å²) < 4.78 is 0. The van der Waals surface area contributed by atoms with Gasteiger partial charge in [-0.25, -0.2) is 4.98 Å². The number of hydrogen-bond acceptors (Lipinski definition) is 3. The largest absolute Gasteiger partial charge is 0.390 e. The molecule has 3 nitrogen and oxygen atoms in total. The Bertz CT molecular complexity index is 411. The van der Waals surface area contributed by atoms with Crippen molar-refractivity contribution in [1.29, 1.82) is 0 Å². The third-order valence-electron chi connectivity index (χ3n) is 4.23. The first-order chi connectivity index (χ1) is 9.00. The predicted octanol–water partition coefficient (Wildman–Crippen LogP) is 3.23. The fraction of sp³-hybridized carbons (Fsp3) is 0.688. The standard InChI is InChI=1S/C16H26N2O/c1-16(2,3)13-6-5-10-18(11-9-13)15-8-4-7-14(12-19)17-15/h4,7-8,13,19H,5-6,9-12H2,1-3H3. The molecule has 0 radical (unpaired) electrons. The van der Waals surface area contributed by atoms with Crippen LogP contribution in [0.15, 0.2) is 18.2 Å². The molecule has 0 bridgehead atoms. The van der Waals surface area contributed by atoms with Gasteiger partial charge in [-0.3, -0.25) is 0 Å². The van der Waals surface area contributed by atoms with E-state index in [0.29, 0.717) is 5.41 Å². The third-order valence-corrected chi connectivity index (χ3v) is 4.23. The molecule has 3 heteroatoms. The van der Waals surface area contributed by atoms with Crippen molar-refractivity contribution < 1.29 is 5.11 Å². The number of pyridine rings is 1. The van der Waals surface area contributed by atoms with E-state index in [1.165, 1.54) is 19.3 Å². The Morgan fingerprint density at radius 1 is 1.26 bits per heavy atom. The number of rotatable bonds is 2. The van der Waals surface area contributed by atoms with E-state index in [-0.39, 0.29) is 6.61 Å². The molecule has 1 saturated heterocycles. The second-order valence-corrected chi connectivity index (χ2v) is 6.63. The Morgan fingerprint density at radius 2 is 2.05 bits per heavy atom. The van der Waals surface area contributed by atoms with Crippen molar-refractivity contribution in [2.75, 3.05) is 18.0 Å². The molecule has 2 heterocycles. The lowest BCUT2D eigenvalue weighted by Gasteiger charge is -2.30. The Hall–Kier alpha value is -1.09. The highest BCUT2D eigenvalue weighted by molar-refractivity contribution is 5.39. The van der Waals surface area contributed by atoms with Gasteiger partial charge in [-0.15, -0.1) is 0 Å². The molecule has 1 unspecified atom stereocenters. The van der Waals surface area contributed by atoms with E-state index >= 15 is 0 Å². The fourth-order valence-electron chi connectivity index (χ4n) is 2.92. The SMILES string of the molecule is CC(C)(C)C1CCCN(c2cccc(CO)n2)CC1. The summed E-state index contributed by atoms with van der Waals surface area (Å²) >= 11 is 0. The topological polar surface area (TPSA) is 36.4 Å². The lowest BCUT2D eigenvalue weighted by atomic mass is 9.77. The minimum absolute atomic E-state index is 0.0201. The number of aliphatic hydroxyl groups is 1. The van der Waals surface area contributed by atoms with E-state index in [0.717, 1.165) is 30.5 Å². The van der Waals surface area contributed by atoms with E-state index < -0.39 is 0 Å². The highest BCUT2D eigenvalue weighted by Gasteiger charge is 2.27. The van der Waals surface area contributed by atoms with Crippen LogP contribution in [-0.2, 0) is 6.61 Å². The van der Waals surface area contributed by atoms with Crippen LogP contribution in [0.1, 0.15) is 45.7 Å². The molecular formula is C16H26N2O. The third kappa shape index (κ3) is 3.69. The van der Waals surface area contributed by atoms with Gasteiger partial charge < -0.3 is 10.0 Å². The van der Waals surface area contributed by atoms with E-state index in [1.54, 1.807) is 0 Å². The van der Waals surface area contributed by atoms with Gasteiger partial charge in [0.15, 0.2) is 0 Å². The number of aromatic nitrogens is 1. The van der Waals surface area contributed by atoms with Crippen molar-refractivity contribution in [3.8, 4) is 0 Å². The summed E-state index contributed by atoms with van der Waals surface area (Å²) in [6.45, 7) is 9.21. The lowest BCUT2D eigenvalue weighted by Crippen LogP contribution is -2.27. The van der Waals surface area contributed by atoms with E-state index in [2.05, 4.69) is 36.7 Å². The molecule has 1 aromatic rings. The summed E-state index contributed by atoms with van der Waals surface area (Å²) in [6, 6.07) is 5.91. The smallest absolute Gasteiger partial charge is 0.128 e. The average molecular weight is 262 g/mol. The fourth-order valence-corrected chi connectivity index (χ4v) is 2.92. The van der Waals surface area contributed by atoms with E-state index in [4.69, 9.17) is 0 Å². The first kappa shape index (κ1) is 14.3. The van der Waals surface area contributed by atoms with Crippen molar-refractivity contribution in [3.05, 3.63) is 23.9 Å². The summed E-state index contributed by atoms with van der Waals surface area (Å²) in [4.78, 5) is 6.89. The van der Waals surface area contributed by atoms with Crippen molar-refractivity contribution >= 4 is 5.82 Å². The van der Waals surface area contributed by atoms with Crippen LogP contribution in [0.25, 0.3) is 0 Å². The number of aliphatic hydroxyl groups excluding tert-OH is 1. The summed E-state index contributed by atoms with van der Waals surface area (Å²) in [5, 5.41) is 9.18. The predicted molar refractivity (Wildman–Crippen MR) is 79.2 cm³/mol. The van der Waals surface area contributed by atoms with Gasteiger partial charge in [0, 0.05) is 13.1 Å². The molecule has 106 valence electrons. The zero-order chi connectivity index (χ0) is 13.9. The normalized spacial score (nSPS) is 21.3. The van der Waals surface area contributed by atoms with Crippen LogP contribution < -0.4 is 4.90 Å². The first-order valence-electron chi connectivity index (χ1n) is 7.32. The molecule has 1 N–H and O–H groups in total. The number of anilines is 1. The Labute approximate surface area is 116 Å². The molecule has 19 heavy (non-hydrogen) atoms. The quantitative estimate of drug-likeness (QED) is 0.889. The van der Waals surface area contributed by atoms with Gasteiger partial charge in [0.25, 0.3) is 0 Å². The van der Waals surface area contributed by atoms with Crippen LogP contribution in [0.2, 0.25) is 0 Å². The zero-order valence-electron chi connectivity index (χ0n) is 12.4. The second kappa shape index (κ2) is 5.91. The van der Waals surface area contributed by atoms with Crippen LogP contribution in [0, 0.1) is 11.3 Å². The molecule has 1 aliphatic heterocycles. The van der Waals surface area contributed by atoms with Gasteiger partial charge in [0.1, 0.15) is 5.82 Å². The molecule has 1 atom stereocenters. The minimum atomic E-state index is 0.0201. The summed E-state index contributed by atoms with van der Waals surface area (Å²) in [7, 11) is 0. The molecule has 0 aromatic carbocycles. The molecular weight excluding hydrogens is 236 g/mol. The van der Waals surface area contributed by atoms with Crippen molar-refractivity contribution in [2.45, 2.75) is 46.6 Å². The Morgan fingerprint density at radius 3 is 2.74 bits per heavy atom. The molecule has 0 amide bonds. The molecule has 1 aromatic heterocycles. The van der Waals surface area contributed by atoms with E-state index in [9.17, 15) is 5.11 Å². The summed E-state index contributed by atoms with van der Waals surface area (Å²) in [6.07, 6.45) is 3.77. The van der Waals surface area contributed by atoms with Crippen molar-refractivity contribution in [3.63, 3.8) is 0 Å². The second-order valence-electron chi connectivity index (χ2n) is 6.63. The highest BCUT2D eigenvalue weighted by atomic mass is 16.3. The lowest BCUT2D eigenvalue weighted by molar-refractivity contribution is 0.220. The van der Waals surface area contributed by atoms with Gasteiger partial charge in [-0.2, -0.15) is 0 Å². The van der Waals surface area contributed by atoms with Gasteiger partial charge in [-0.05, 0) is 42.7 Å². The maximum absolute atomic E-state index is 9.18. The maximum Gasteiger partial charge on any atom is 0.128 e. The molecule has 0 saturated carbocycles. The molecule has 0 spiro atoms. The average Bonchev–Trinajstić information content (AvgIpc) is 2.64. The van der Waals surface area contributed by atoms with Crippen LogP contribution >= 0.6 is 0 Å². The van der Waals surface area contributed by atoms with Gasteiger partial charge in [0.2, 0.25) is 0 Å². The highest BCUT2D eigenvalue weighted by Crippen LogP contribution is 2.34. The minimum Gasteiger partial charge on any atom is -0.390 e. The molecule has 0 aliphatic carbocycles. The van der Waals surface area contributed by atoms with Crippen molar-refractivity contribution in [2.24, 2.45) is 11.3 Å². The molecule has 2 rings (SSSR count). The van der Waals surface area contributed by atoms with Crippen LogP contribution in [0.5, 0.6) is 0 Å². The maximum atomic E-state index is 9.18. The van der Waals surface area contributed by atoms with Gasteiger partial charge in [-0.1, -0.05) is 26.8 Å². The Balaban J connectivity index is 2.06. The van der Waals surface area contributed by atoms with Crippen LogP contribution in [0.3, 0.4) is 0 Å². The monoisotopic (exact) mass is 262 g/mol. The van der Waals surface area contributed by atoms with E-state index in [1.807, 2.05) is 12.1 Å². The van der Waals surface area contributed by atoms with Gasteiger partial charge >= 0.3 is 0 Å². The van der Waals surface area contributed by atoms with Crippen LogP contribution in [-0.4, -0.2) is 23.2 Å². The summed E-state index contributed by atoms with van der Waals surface area (Å²) in [5.41, 5.74) is 1.16. The number of hydrogen-bond donors (Lipinski definition) is 1. The zero-order valence-corrected chi connectivity index (χ0v) is 12.4. The number of nitrogens with zero attached hydrogens (tertiary/aromatic N) is 2. The van der Waals surface area contributed by atoms with Gasteiger partial charge in [0.05, 0.1) is 12.3 Å². The van der Waals surface area contributed by atoms with Crippen LogP contribution in [0.4, 0.5) is 5.82 Å². The van der Waals surface area contributed by atoms with Crippen molar-refractivity contribution in [1.82, 2.24) is 4.98 Å².